The SMILES string of the molecule is CCOC(=O)CNC(=O)N1CCC[C@@H]1c1c(C)noc1CC. The van der Waals surface area contributed by atoms with E-state index in [1.165, 1.54) is 0 Å². The highest BCUT2D eigenvalue weighted by molar-refractivity contribution is 5.81. The van der Waals surface area contributed by atoms with E-state index in [4.69, 9.17) is 9.26 Å². The molecule has 7 nitrogen and oxygen atoms in total. The first-order valence-corrected chi connectivity index (χ1v) is 7.73. The Balaban J connectivity index is 2.05. The van der Waals surface area contributed by atoms with Crippen molar-refractivity contribution in [2.75, 3.05) is 19.7 Å². The van der Waals surface area contributed by atoms with Gasteiger partial charge in [-0.15, -0.1) is 0 Å². The second kappa shape index (κ2) is 7.29. The van der Waals surface area contributed by atoms with Crippen LogP contribution in [0.2, 0.25) is 0 Å². The second-order valence-corrected chi connectivity index (χ2v) is 5.27. The molecule has 0 aromatic carbocycles. The van der Waals surface area contributed by atoms with E-state index in [9.17, 15) is 9.59 Å². The molecule has 0 aliphatic carbocycles. The average molecular weight is 309 g/mol. The molecule has 122 valence electrons. The van der Waals surface area contributed by atoms with E-state index < -0.39 is 5.97 Å². The van der Waals surface area contributed by atoms with E-state index in [0.717, 1.165) is 36.3 Å². The van der Waals surface area contributed by atoms with Gasteiger partial charge in [-0.2, -0.15) is 0 Å². The molecular weight excluding hydrogens is 286 g/mol. The van der Waals surface area contributed by atoms with Gasteiger partial charge >= 0.3 is 12.0 Å². The number of urea groups is 1. The summed E-state index contributed by atoms with van der Waals surface area (Å²) in [5.41, 5.74) is 1.83. The van der Waals surface area contributed by atoms with Crippen molar-refractivity contribution in [1.82, 2.24) is 15.4 Å². The third-order valence-corrected chi connectivity index (χ3v) is 3.84. The van der Waals surface area contributed by atoms with Gasteiger partial charge in [-0.25, -0.2) is 4.79 Å². The monoisotopic (exact) mass is 309 g/mol. The van der Waals surface area contributed by atoms with Gasteiger partial charge < -0.3 is 19.5 Å². The molecule has 2 rings (SSSR count). The number of nitrogens with zero attached hydrogens (tertiary/aromatic N) is 2. The number of aryl methyl sites for hydroxylation is 2. The molecule has 1 fully saturated rings. The maximum absolute atomic E-state index is 12.3. The Morgan fingerprint density at radius 3 is 2.91 bits per heavy atom. The first-order valence-electron chi connectivity index (χ1n) is 7.73. The van der Waals surface area contributed by atoms with Crippen molar-refractivity contribution in [1.29, 1.82) is 0 Å². The predicted octanol–water partition coefficient (Wildman–Crippen LogP) is 1.96. The van der Waals surface area contributed by atoms with Gasteiger partial charge in [0.05, 0.1) is 18.3 Å². The molecule has 2 amide bonds. The normalized spacial score (nSPS) is 17.6. The van der Waals surface area contributed by atoms with Crippen LogP contribution in [0.4, 0.5) is 4.79 Å². The van der Waals surface area contributed by atoms with Gasteiger partial charge in [-0.3, -0.25) is 4.79 Å². The Bertz CT molecular complexity index is 541. The van der Waals surface area contributed by atoms with E-state index in [2.05, 4.69) is 10.5 Å². The minimum atomic E-state index is -0.429. The quantitative estimate of drug-likeness (QED) is 0.840. The Labute approximate surface area is 130 Å². The molecule has 22 heavy (non-hydrogen) atoms. The van der Waals surface area contributed by atoms with Crippen LogP contribution < -0.4 is 5.32 Å². The number of rotatable bonds is 5. The number of aromatic nitrogens is 1. The van der Waals surface area contributed by atoms with Crippen LogP contribution in [0.15, 0.2) is 4.52 Å². The van der Waals surface area contributed by atoms with Crippen LogP contribution in [0.3, 0.4) is 0 Å². The highest BCUT2D eigenvalue weighted by Gasteiger charge is 2.34. The summed E-state index contributed by atoms with van der Waals surface area (Å²) in [4.78, 5) is 25.4. The minimum absolute atomic E-state index is 0.0385. The fourth-order valence-electron chi connectivity index (χ4n) is 2.88. The second-order valence-electron chi connectivity index (χ2n) is 5.27. The van der Waals surface area contributed by atoms with Crippen molar-refractivity contribution < 1.29 is 18.8 Å². The molecule has 0 bridgehead atoms. The zero-order chi connectivity index (χ0) is 16.1. The van der Waals surface area contributed by atoms with Crippen molar-refractivity contribution in [2.45, 2.75) is 46.1 Å². The Kier molecular flexibility index (Phi) is 5.41. The van der Waals surface area contributed by atoms with E-state index in [1.54, 1.807) is 11.8 Å². The Hall–Kier alpha value is -2.05. The zero-order valence-corrected chi connectivity index (χ0v) is 13.3. The molecule has 1 aromatic rings. The number of esters is 1. The highest BCUT2D eigenvalue weighted by Crippen LogP contribution is 2.35. The third kappa shape index (κ3) is 3.40. The van der Waals surface area contributed by atoms with Crippen molar-refractivity contribution in [3.8, 4) is 0 Å². The van der Waals surface area contributed by atoms with Gasteiger partial charge in [-0.05, 0) is 26.7 Å². The summed E-state index contributed by atoms with van der Waals surface area (Å²) in [6, 6.07) is -0.290. The molecule has 0 radical (unpaired) electrons. The summed E-state index contributed by atoms with van der Waals surface area (Å²) in [6.07, 6.45) is 2.54. The van der Waals surface area contributed by atoms with Gasteiger partial charge in [0.1, 0.15) is 12.3 Å². The van der Waals surface area contributed by atoms with Crippen molar-refractivity contribution in [3.63, 3.8) is 0 Å². The molecule has 1 aliphatic heterocycles. The zero-order valence-electron chi connectivity index (χ0n) is 13.3. The summed E-state index contributed by atoms with van der Waals surface area (Å²) in [5, 5.41) is 6.64. The van der Waals surface area contributed by atoms with E-state index in [1.807, 2.05) is 13.8 Å². The lowest BCUT2D eigenvalue weighted by molar-refractivity contribution is -0.141. The molecule has 1 atom stereocenters. The lowest BCUT2D eigenvalue weighted by atomic mass is 10.0. The summed E-state index contributed by atoms with van der Waals surface area (Å²) < 4.78 is 10.1. The fraction of sp³-hybridized carbons (Fsp3) is 0.667. The van der Waals surface area contributed by atoms with Crippen LogP contribution in [0.5, 0.6) is 0 Å². The van der Waals surface area contributed by atoms with E-state index in [0.29, 0.717) is 13.2 Å². The van der Waals surface area contributed by atoms with E-state index in [-0.39, 0.29) is 18.6 Å². The smallest absolute Gasteiger partial charge is 0.325 e. The number of nitrogens with one attached hydrogen (secondary N) is 1. The molecular formula is C15H23N3O4. The number of hydrogen-bond acceptors (Lipinski definition) is 5. The predicted molar refractivity (Wildman–Crippen MR) is 79.3 cm³/mol. The van der Waals surface area contributed by atoms with Gasteiger partial charge in [-0.1, -0.05) is 12.1 Å². The topological polar surface area (TPSA) is 84.7 Å². The fourth-order valence-corrected chi connectivity index (χ4v) is 2.88. The van der Waals surface area contributed by atoms with Crippen LogP contribution in [-0.4, -0.2) is 41.8 Å². The summed E-state index contributed by atoms with van der Waals surface area (Å²) >= 11 is 0. The van der Waals surface area contributed by atoms with Crippen LogP contribution in [0, 0.1) is 6.92 Å². The lowest BCUT2D eigenvalue weighted by Gasteiger charge is -2.25. The van der Waals surface area contributed by atoms with Gasteiger partial charge in [0.25, 0.3) is 0 Å². The number of ether oxygens (including phenoxy) is 1. The maximum Gasteiger partial charge on any atom is 0.325 e. The summed E-state index contributed by atoms with van der Waals surface area (Å²) in [5.74, 6) is 0.398. The summed E-state index contributed by atoms with van der Waals surface area (Å²) in [6.45, 7) is 6.48. The number of carbonyl (C=O) groups excluding carboxylic acids is 2. The third-order valence-electron chi connectivity index (χ3n) is 3.84. The van der Waals surface area contributed by atoms with Crippen LogP contribution in [0.25, 0.3) is 0 Å². The first kappa shape index (κ1) is 16.3. The molecule has 1 aliphatic rings. The average Bonchev–Trinajstić information content (AvgIpc) is 3.10. The van der Waals surface area contributed by atoms with Crippen molar-refractivity contribution >= 4 is 12.0 Å². The van der Waals surface area contributed by atoms with Gasteiger partial charge in [0, 0.05) is 18.5 Å². The van der Waals surface area contributed by atoms with E-state index >= 15 is 0 Å². The number of likely N-dealkylation sites (tertiary alicyclic amines) is 1. The molecule has 2 heterocycles. The molecule has 0 spiro atoms. The first-order chi connectivity index (χ1) is 10.6. The van der Waals surface area contributed by atoms with Crippen LogP contribution in [-0.2, 0) is 16.0 Å². The maximum atomic E-state index is 12.3. The Morgan fingerprint density at radius 1 is 1.45 bits per heavy atom. The lowest BCUT2D eigenvalue weighted by Crippen LogP contribution is -2.42. The minimum Gasteiger partial charge on any atom is -0.465 e. The molecule has 1 saturated heterocycles. The molecule has 1 aromatic heterocycles. The molecule has 7 heteroatoms. The Morgan fingerprint density at radius 2 is 2.23 bits per heavy atom. The summed E-state index contributed by atoms with van der Waals surface area (Å²) in [7, 11) is 0. The van der Waals surface area contributed by atoms with Gasteiger partial charge in [0.2, 0.25) is 0 Å². The van der Waals surface area contributed by atoms with Gasteiger partial charge in [0.15, 0.2) is 0 Å². The number of hydrogen-bond donors (Lipinski definition) is 1. The van der Waals surface area contributed by atoms with Crippen LogP contribution >= 0.6 is 0 Å². The molecule has 0 unspecified atom stereocenters. The van der Waals surface area contributed by atoms with Crippen molar-refractivity contribution in [3.05, 3.63) is 17.0 Å². The molecule has 0 saturated carbocycles. The van der Waals surface area contributed by atoms with Crippen LogP contribution in [0.1, 0.15) is 49.7 Å². The highest BCUT2D eigenvalue weighted by atomic mass is 16.5. The largest absolute Gasteiger partial charge is 0.465 e. The number of amides is 2. The molecule has 1 N–H and O–H groups in total. The number of carbonyl (C=O) groups is 2. The van der Waals surface area contributed by atoms with Crippen molar-refractivity contribution in [2.24, 2.45) is 0 Å². The standard InChI is InChI=1S/C15H23N3O4/c1-4-12-14(10(3)17-22-12)11-7-6-8-18(11)15(20)16-9-13(19)21-5-2/h11H,4-9H2,1-3H3,(H,16,20)/t11-/m1/s1.